The van der Waals surface area contributed by atoms with E-state index in [1.807, 2.05) is 12.1 Å². The van der Waals surface area contributed by atoms with Crippen LogP contribution >= 0.6 is 0 Å². The van der Waals surface area contributed by atoms with Crippen molar-refractivity contribution in [1.82, 2.24) is 25.5 Å². The molecule has 0 saturated heterocycles. The summed E-state index contributed by atoms with van der Waals surface area (Å²) in [7, 11) is 0. The third-order valence-corrected chi connectivity index (χ3v) is 4.16. The van der Waals surface area contributed by atoms with E-state index < -0.39 is 0 Å². The predicted octanol–water partition coefficient (Wildman–Crippen LogP) is 0.943. The maximum atomic E-state index is 12.4. The predicted molar refractivity (Wildman–Crippen MR) is 79.5 cm³/mol. The summed E-state index contributed by atoms with van der Waals surface area (Å²) in [6.45, 7) is 0.245. The number of nitrogens with one attached hydrogen (secondary N) is 1. The lowest BCUT2D eigenvalue weighted by Crippen LogP contribution is -2.38. The number of aliphatic hydroxyl groups excluding tert-OH is 1. The Labute approximate surface area is 128 Å². The van der Waals surface area contributed by atoms with E-state index in [4.69, 9.17) is 5.11 Å². The number of aromatic nitrogens is 4. The SMILES string of the molecule is O=C(NC1CCC(CO)CC1)c1cccc(-n2cnnn2)c1. The van der Waals surface area contributed by atoms with Crippen molar-refractivity contribution < 1.29 is 9.90 Å². The number of aliphatic hydroxyl groups is 1. The van der Waals surface area contributed by atoms with Gasteiger partial charge in [-0.1, -0.05) is 6.07 Å². The lowest BCUT2D eigenvalue weighted by molar-refractivity contribution is 0.0914. The highest BCUT2D eigenvalue weighted by molar-refractivity contribution is 5.94. The molecule has 22 heavy (non-hydrogen) atoms. The molecular formula is C15H19N5O2. The first kappa shape index (κ1) is 14.6. The number of nitrogens with zero attached hydrogens (tertiary/aromatic N) is 4. The lowest BCUT2D eigenvalue weighted by atomic mass is 9.86. The van der Waals surface area contributed by atoms with Crippen LogP contribution in [0.25, 0.3) is 5.69 Å². The molecule has 1 aromatic carbocycles. The van der Waals surface area contributed by atoms with Gasteiger partial charge in [0.2, 0.25) is 0 Å². The van der Waals surface area contributed by atoms with Crippen molar-refractivity contribution in [2.75, 3.05) is 6.61 Å². The molecule has 1 aliphatic carbocycles. The van der Waals surface area contributed by atoms with E-state index >= 15 is 0 Å². The number of carbonyl (C=O) groups excluding carboxylic acids is 1. The Morgan fingerprint density at radius 2 is 2.14 bits per heavy atom. The van der Waals surface area contributed by atoms with E-state index in [1.165, 1.54) is 11.0 Å². The van der Waals surface area contributed by atoms with Crippen molar-refractivity contribution in [2.45, 2.75) is 31.7 Å². The Morgan fingerprint density at radius 1 is 1.32 bits per heavy atom. The van der Waals surface area contributed by atoms with E-state index in [-0.39, 0.29) is 18.6 Å². The summed E-state index contributed by atoms with van der Waals surface area (Å²) >= 11 is 0. The Morgan fingerprint density at radius 3 is 2.82 bits per heavy atom. The summed E-state index contributed by atoms with van der Waals surface area (Å²) in [5, 5.41) is 23.2. The summed E-state index contributed by atoms with van der Waals surface area (Å²) < 4.78 is 1.52. The normalized spacial score (nSPS) is 21.5. The number of hydrogen-bond donors (Lipinski definition) is 2. The van der Waals surface area contributed by atoms with Crippen LogP contribution in [0, 0.1) is 5.92 Å². The molecule has 116 valence electrons. The van der Waals surface area contributed by atoms with Gasteiger partial charge in [0.25, 0.3) is 5.91 Å². The summed E-state index contributed by atoms with van der Waals surface area (Å²) in [6, 6.07) is 7.40. The molecule has 2 N–H and O–H groups in total. The van der Waals surface area contributed by atoms with Crippen LogP contribution in [-0.2, 0) is 0 Å². The standard InChI is InChI=1S/C15H19N5O2/c21-9-11-4-6-13(7-5-11)17-15(22)12-2-1-3-14(8-12)20-10-16-18-19-20/h1-3,8,10-11,13,21H,4-7,9H2,(H,17,22). The number of hydrogen-bond acceptors (Lipinski definition) is 5. The smallest absolute Gasteiger partial charge is 0.251 e. The molecule has 3 rings (SSSR count). The fourth-order valence-corrected chi connectivity index (χ4v) is 2.83. The zero-order valence-electron chi connectivity index (χ0n) is 12.2. The number of amides is 1. The first-order valence-electron chi connectivity index (χ1n) is 7.51. The number of carbonyl (C=O) groups is 1. The van der Waals surface area contributed by atoms with Crippen LogP contribution in [-0.4, -0.2) is 43.9 Å². The number of benzene rings is 1. The van der Waals surface area contributed by atoms with Gasteiger partial charge in [-0.25, -0.2) is 4.68 Å². The van der Waals surface area contributed by atoms with Gasteiger partial charge in [-0.15, -0.1) is 5.10 Å². The van der Waals surface area contributed by atoms with Gasteiger partial charge in [0, 0.05) is 18.2 Å². The van der Waals surface area contributed by atoms with Gasteiger partial charge in [-0.3, -0.25) is 4.79 Å². The van der Waals surface area contributed by atoms with E-state index in [0.29, 0.717) is 11.5 Å². The minimum atomic E-state index is -0.0811. The zero-order chi connectivity index (χ0) is 15.4. The second kappa shape index (κ2) is 6.65. The maximum Gasteiger partial charge on any atom is 0.251 e. The molecule has 0 spiro atoms. The van der Waals surface area contributed by atoms with Crippen molar-refractivity contribution in [3.05, 3.63) is 36.2 Å². The molecule has 1 aromatic heterocycles. The van der Waals surface area contributed by atoms with E-state index in [0.717, 1.165) is 31.4 Å². The van der Waals surface area contributed by atoms with Crippen LogP contribution in [0.5, 0.6) is 0 Å². The molecule has 1 fully saturated rings. The Bertz CT molecular complexity index is 621. The summed E-state index contributed by atoms with van der Waals surface area (Å²) in [4.78, 5) is 12.4. The highest BCUT2D eigenvalue weighted by Crippen LogP contribution is 2.24. The van der Waals surface area contributed by atoms with E-state index in [1.54, 1.807) is 12.1 Å². The largest absolute Gasteiger partial charge is 0.396 e. The van der Waals surface area contributed by atoms with Crippen LogP contribution < -0.4 is 5.32 Å². The summed E-state index contributed by atoms with van der Waals surface area (Å²) in [5.41, 5.74) is 1.35. The molecule has 0 atom stereocenters. The second-order valence-electron chi connectivity index (χ2n) is 5.68. The van der Waals surface area contributed by atoms with Crippen LogP contribution in [0.2, 0.25) is 0 Å². The van der Waals surface area contributed by atoms with Gasteiger partial charge < -0.3 is 10.4 Å². The molecule has 0 aliphatic heterocycles. The molecule has 7 nitrogen and oxygen atoms in total. The van der Waals surface area contributed by atoms with Gasteiger partial charge in [-0.05, 0) is 60.2 Å². The maximum absolute atomic E-state index is 12.4. The fourth-order valence-electron chi connectivity index (χ4n) is 2.83. The molecule has 1 heterocycles. The van der Waals surface area contributed by atoms with Gasteiger partial charge in [0.15, 0.2) is 0 Å². The first-order valence-corrected chi connectivity index (χ1v) is 7.51. The summed E-state index contributed by atoms with van der Waals surface area (Å²) in [5.74, 6) is 0.304. The lowest BCUT2D eigenvalue weighted by Gasteiger charge is -2.28. The van der Waals surface area contributed by atoms with Gasteiger partial charge in [-0.2, -0.15) is 0 Å². The third kappa shape index (κ3) is 3.30. The van der Waals surface area contributed by atoms with Gasteiger partial charge in [0.1, 0.15) is 6.33 Å². The van der Waals surface area contributed by atoms with Crippen molar-refractivity contribution in [1.29, 1.82) is 0 Å². The van der Waals surface area contributed by atoms with Crippen LogP contribution in [0.1, 0.15) is 36.0 Å². The minimum Gasteiger partial charge on any atom is -0.396 e. The van der Waals surface area contributed by atoms with Crippen molar-refractivity contribution in [3.63, 3.8) is 0 Å². The van der Waals surface area contributed by atoms with Crippen molar-refractivity contribution >= 4 is 5.91 Å². The monoisotopic (exact) mass is 301 g/mol. The molecule has 1 aliphatic rings. The fraction of sp³-hybridized carbons (Fsp3) is 0.467. The minimum absolute atomic E-state index is 0.0811. The highest BCUT2D eigenvalue weighted by atomic mass is 16.3. The quantitative estimate of drug-likeness (QED) is 0.877. The molecule has 1 amide bonds. The molecule has 1 saturated carbocycles. The van der Waals surface area contributed by atoms with Crippen molar-refractivity contribution in [2.24, 2.45) is 5.92 Å². The average molecular weight is 301 g/mol. The van der Waals surface area contributed by atoms with Crippen LogP contribution in [0.3, 0.4) is 0 Å². The highest BCUT2D eigenvalue weighted by Gasteiger charge is 2.22. The molecule has 0 bridgehead atoms. The Kier molecular flexibility index (Phi) is 4.43. The molecule has 0 radical (unpaired) electrons. The Hall–Kier alpha value is -2.28. The van der Waals surface area contributed by atoms with Gasteiger partial charge in [0.05, 0.1) is 5.69 Å². The molecule has 7 heteroatoms. The van der Waals surface area contributed by atoms with E-state index in [2.05, 4.69) is 20.8 Å². The number of tetrazole rings is 1. The van der Waals surface area contributed by atoms with Gasteiger partial charge >= 0.3 is 0 Å². The number of rotatable bonds is 4. The van der Waals surface area contributed by atoms with E-state index in [9.17, 15) is 4.79 Å². The summed E-state index contributed by atoms with van der Waals surface area (Å²) in [6.07, 6.45) is 5.26. The topological polar surface area (TPSA) is 92.9 Å². The molecule has 2 aromatic rings. The third-order valence-electron chi connectivity index (χ3n) is 4.16. The first-order chi connectivity index (χ1) is 10.8. The Balaban J connectivity index is 1.64. The zero-order valence-corrected chi connectivity index (χ0v) is 12.2. The van der Waals surface area contributed by atoms with Crippen LogP contribution in [0.15, 0.2) is 30.6 Å². The second-order valence-corrected chi connectivity index (χ2v) is 5.68. The van der Waals surface area contributed by atoms with Crippen molar-refractivity contribution in [3.8, 4) is 5.69 Å². The van der Waals surface area contributed by atoms with Crippen LogP contribution in [0.4, 0.5) is 0 Å². The molecular weight excluding hydrogens is 282 g/mol. The molecule has 0 unspecified atom stereocenters. The average Bonchev–Trinajstić information content (AvgIpc) is 3.10.